The topological polar surface area (TPSA) is 64.0 Å². The van der Waals surface area contributed by atoms with Gasteiger partial charge in [-0.15, -0.1) is 0 Å². The van der Waals surface area contributed by atoms with E-state index in [2.05, 4.69) is 9.82 Å². The van der Waals surface area contributed by atoms with Gasteiger partial charge >= 0.3 is 0 Å². The van der Waals surface area contributed by atoms with Gasteiger partial charge in [0.15, 0.2) is 0 Å². The van der Waals surface area contributed by atoms with Gasteiger partial charge in [0.1, 0.15) is 5.82 Å². The molecule has 0 atom stereocenters. The molecule has 0 aliphatic heterocycles. The summed E-state index contributed by atoms with van der Waals surface area (Å²) in [5, 5.41) is 4.08. The molecule has 1 aromatic heterocycles. The molecule has 0 saturated carbocycles. The predicted octanol–water partition coefficient (Wildman–Crippen LogP) is 2.48. The Kier molecular flexibility index (Phi) is 4.08. The van der Waals surface area contributed by atoms with Crippen molar-refractivity contribution < 1.29 is 12.8 Å². The molecule has 2 aromatic rings. The monoisotopic (exact) mass is 297 g/mol. The average molecular weight is 297 g/mol. The molecule has 0 radical (unpaired) electrons. The first kappa shape index (κ1) is 14.5. The van der Waals surface area contributed by atoms with E-state index in [0.29, 0.717) is 18.2 Å². The number of nitrogens with one attached hydrogen (secondary N) is 1. The fraction of sp³-hybridized carbons (Fsp3) is 0.308. The van der Waals surface area contributed by atoms with Crippen LogP contribution in [0.1, 0.15) is 13.8 Å². The van der Waals surface area contributed by atoms with Gasteiger partial charge < -0.3 is 0 Å². The van der Waals surface area contributed by atoms with Gasteiger partial charge in [-0.1, -0.05) is 13.8 Å². The number of aromatic nitrogens is 2. The van der Waals surface area contributed by atoms with Crippen molar-refractivity contribution in [2.24, 2.45) is 5.92 Å². The van der Waals surface area contributed by atoms with Crippen LogP contribution in [0, 0.1) is 11.7 Å². The highest BCUT2D eigenvalue weighted by Crippen LogP contribution is 2.16. The molecule has 0 aliphatic carbocycles. The van der Waals surface area contributed by atoms with Gasteiger partial charge in [0.2, 0.25) is 0 Å². The van der Waals surface area contributed by atoms with Gasteiger partial charge in [-0.25, -0.2) is 12.8 Å². The highest BCUT2D eigenvalue weighted by Gasteiger charge is 2.15. The molecule has 1 aromatic carbocycles. The molecule has 0 saturated heterocycles. The van der Waals surface area contributed by atoms with Crippen molar-refractivity contribution in [2.45, 2.75) is 25.3 Å². The number of hydrogen-bond donors (Lipinski definition) is 1. The van der Waals surface area contributed by atoms with Gasteiger partial charge in [0.05, 0.1) is 16.8 Å². The lowest BCUT2D eigenvalue weighted by molar-refractivity contribution is 0.483. The van der Waals surface area contributed by atoms with Crippen LogP contribution in [0.2, 0.25) is 0 Å². The van der Waals surface area contributed by atoms with Crippen molar-refractivity contribution in [3.8, 4) is 0 Å². The second-order valence-corrected chi connectivity index (χ2v) is 6.59. The molecule has 0 unspecified atom stereocenters. The van der Waals surface area contributed by atoms with Crippen LogP contribution in [-0.4, -0.2) is 18.2 Å². The van der Waals surface area contributed by atoms with E-state index < -0.39 is 15.8 Å². The number of anilines is 1. The first-order chi connectivity index (χ1) is 9.37. The van der Waals surface area contributed by atoms with Crippen molar-refractivity contribution in [1.82, 2.24) is 9.78 Å². The number of hydrogen-bond acceptors (Lipinski definition) is 3. The summed E-state index contributed by atoms with van der Waals surface area (Å²) in [5.74, 6) is -0.0647. The second kappa shape index (κ2) is 5.62. The lowest BCUT2D eigenvalue weighted by Crippen LogP contribution is -2.12. The average Bonchev–Trinajstić information content (AvgIpc) is 2.75. The molecule has 7 heteroatoms. The van der Waals surface area contributed by atoms with Gasteiger partial charge in [-0.2, -0.15) is 5.10 Å². The maximum atomic E-state index is 12.8. The van der Waals surface area contributed by atoms with Crippen LogP contribution in [0.5, 0.6) is 0 Å². The van der Waals surface area contributed by atoms with E-state index in [1.807, 2.05) is 13.8 Å². The highest BCUT2D eigenvalue weighted by molar-refractivity contribution is 7.92. The normalized spacial score (nSPS) is 11.8. The van der Waals surface area contributed by atoms with E-state index in [0.717, 1.165) is 12.1 Å². The van der Waals surface area contributed by atoms with Gasteiger partial charge in [0, 0.05) is 12.7 Å². The van der Waals surface area contributed by atoms with Crippen LogP contribution in [0.15, 0.2) is 41.6 Å². The van der Waals surface area contributed by atoms with Crippen LogP contribution in [-0.2, 0) is 16.6 Å². The van der Waals surface area contributed by atoms with Crippen LogP contribution >= 0.6 is 0 Å². The Morgan fingerprint density at radius 3 is 2.55 bits per heavy atom. The highest BCUT2D eigenvalue weighted by atomic mass is 32.2. The summed E-state index contributed by atoms with van der Waals surface area (Å²) in [6.45, 7) is 4.80. The first-order valence-electron chi connectivity index (χ1n) is 6.17. The third-order valence-corrected chi connectivity index (χ3v) is 3.96. The Labute approximate surface area is 117 Å². The third kappa shape index (κ3) is 3.57. The van der Waals surface area contributed by atoms with E-state index in [1.165, 1.54) is 18.3 Å². The van der Waals surface area contributed by atoms with Crippen LogP contribution in [0.25, 0.3) is 0 Å². The van der Waals surface area contributed by atoms with Gasteiger partial charge in [-0.3, -0.25) is 9.40 Å². The smallest absolute Gasteiger partial charge is 0.261 e. The van der Waals surface area contributed by atoms with E-state index in [-0.39, 0.29) is 4.90 Å². The van der Waals surface area contributed by atoms with Crippen LogP contribution < -0.4 is 4.72 Å². The zero-order valence-electron chi connectivity index (χ0n) is 11.2. The summed E-state index contributed by atoms with van der Waals surface area (Å²) in [7, 11) is -3.72. The molecule has 0 amide bonds. The summed E-state index contributed by atoms with van der Waals surface area (Å²) in [5.41, 5.74) is 0.384. The molecule has 0 spiro atoms. The molecule has 0 aliphatic rings. The number of sulfonamides is 1. The molecular weight excluding hydrogens is 281 g/mol. The minimum Gasteiger partial charge on any atom is -0.276 e. The standard InChI is InChI=1S/C13H16FN3O2S/c1-10(2)8-17-9-12(7-15-17)16-20(18,19)13-5-3-11(14)4-6-13/h3-7,9-10,16H,8H2,1-2H3. The number of nitrogens with zero attached hydrogens (tertiary/aromatic N) is 2. The number of benzene rings is 1. The molecule has 5 nitrogen and oxygen atoms in total. The molecule has 1 heterocycles. The quantitative estimate of drug-likeness (QED) is 0.922. The molecule has 0 bridgehead atoms. The maximum Gasteiger partial charge on any atom is 0.261 e. The summed E-state index contributed by atoms with van der Waals surface area (Å²) >= 11 is 0. The lowest BCUT2D eigenvalue weighted by atomic mass is 10.2. The summed E-state index contributed by atoms with van der Waals surface area (Å²) in [6.07, 6.45) is 3.07. The Balaban J connectivity index is 2.16. The SMILES string of the molecule is CC(C)Cn1cc(NS(=O)(=O)c2ccc(F)cc2)cn1. The molecule has 20 heavy (non-hydrogen) atoms. The molecule has 2 rings (SSSR count). The minimum absolute atomic E-state index is 0.00973. The molecule has 108 valence electrons. The lowest BCUT2D eigenvalue weighted by Gasteiger charge is -2.06. The van der Waals surface area contributed by atoms with E-state index in [9.17, 15) is 12.8 Å². The largest absolute Gasteiger partial charge is 0.276 e. The van der Waals surface area contributed by atoms with Crippen LogP contribution in [0.3, 0.4) is 0 Å². The first-order valence-corrected chi connectivity index (χ1v) is 7.66. The number of halogens is 1. The Bertz CT molecular complexity index is 678. The fourth-order valence-electron chi connectivity index (χ4n) is 1.72. The fourth-order valence-corrected chi connectivity index (χ4v) is 2.75. The molecule has 1 N–H and O–H groups in total. The summed E-state index contributed by atoms with van der Waals surface area (Å²) in [4.78, 5) is 0.00973. The summed E-state index contributed by atoms with van der Waals surface area (Å²) < 4.78 is 41.0. The van der Waals surface area contributed by atoms with E-state index in [1.54, 1.807) is 10.9 Å². The van der Waals surface area contributed by atoms with Crippen molar-refractivity contribution in [1.29, 1.82) is 0 Å². The van der Waals surface area contributed by atoms with E-state index in [4.69, 9.17) is 0 Å². The molecule has 0 fully saturated rings. The predicted molar refractivity (Wildman–Crippen MR) is 74.3 cm³/mol. The van der Waals surface area contributed by atoms with Crippen molar-refractivity contribution >= 4 is 15.7 Å². The molecular formula is C13H16FN3O2S. The van der Waals surface area contributed by atoms with Crippen molar-refractivity contribution in [2.75, 3.05) is 4.72 Å². The maximum absolute atomic E-state index is 12.8. The van der Waals surface area contributed by atoms with Gasteiger partial charge in [-0.05, 0) is 30.2 Å². The second-order valence-electron chi connectivity index (χ2n) is 4.90. The van der Waals surface area contributed by atoms with Gasteiger partial charge in [0.25, 0.3) is 10.0 Å². The van der Waals surface area contributed by atoms with Crippen LogP contribution in [0.4, 0.5) is 10.1 Å². The number of rotatable bonds is 5. The zero-order valence-corrected chi connectivity index (χ0v) is 12.1. The van der Waals surface area contributed by atoms with Crippen molar-refractivity contribution in [3.05, 3.63) is 42.5 Å². The Hall–Kier alpha value is -1.89. The van der Waals surface area contributed by atoms with E-state index >= 15 is 0 Å². The zero-order chi connectivity index (χ0) is 14.8. The minimum atomic E-state index is -3.72. The summed E-state index contributed by atoms with van der Waals surface area (Å²) in [6, 6.07) is 4.65. The Morgan fingerprint density at radius 2 is 1.95 bits per heavy atom. The third-order valence-electron chi connectivity index (χ3n) is 2.56. The van der Waals surface area contributed by atoms with Crippen molar-refractivity contribution in [3.63, 3.8) is 0 Å². The Morgan fingerprint density at radius 1 is 1.30 bits per heavy atom.